The zero-order valence-corrected chi connectivity index (χ0v) is 23.3. The molecule has 0 aliphatic heterocycles. The highest BCUT2D eigenvalue weighted by molar-refractivity contribution is 7.12. The minimum atomic E-state index is -0.909. The highest BCUT2D eigenvalue weighted by Crippen LogP contribution is 2.54. The third kappa shape index (κ3) is 5.52. The second-order valence-electron chi connectivity index (χ2n) is 9.90. The highest BCUT2D eigenvalue weighted by Gasteiger charge is 2.43. The molecule has 3 aromatic rings. The molecule has 0 fully saturated rings. The Balaban J connectivity index is 1.76. The molecule has 200 valence electrons. The van der Waals surface area contributed by atoms with Crippen molar-refractivity contribution in [1.82, 2.24) is 0 Å². The number of Topliss-reactive ketones (excluding diaryl/α,β-unsaturated/α-hetero) is 1. The first-order chi connectivity index (χ1) is 18.5. The van der Waals surface area contributed by atoms with Crippen LogP contribution in [0, 0.1) is 0 Å². The number of carbonyl (C=O) groups excluding carboxylic acids is 3. The first kappa shape index (κ1) is 27.9. The molecule has 0 amide bonds. The van der Waals surface area contributed by atoms with Crippen LogP contribution in [-0.2, 0) is 19.7 Å². The topological polar surface area (TPSA) is 69.7 Å². The van der Waals surface area contributed by atoms with Gasteiger partial charge in [0, 0.05) is 16.5 Å². The van der Waals surface area contributed by atoms with Crippen LogP contribution in [0.3, 0.4) is 0 Å². The number of hydrogen-bond donors (Lipinski definition) is 0. The molecule has 38 heavy (non-hydrogen) atoms. The van der Waals surface area contributed by atoms with Gasteiger partial charge in [-0.25, -0.2) is 4.79 Å². The van der Waals surface area contributed by atoms with E-state index in [1.165, 1.54) is 11.3 Å². The van der Waals surface area contributed by atoms with Crippen molar-refractivity contribution < 1.29 is 23.9 Å². The zero-order chi connectivity index (χ0) is 27.1. The number of thiophene rings is 1. The molecular weight excluding hydrogens is 496 g/mol. The van der Waals surface area contributed by atoms with Gasteiger partial charge < -0.3 is 9.47 Å². The van der Waals surface area contributed by atoms with Crippen molar-refractivity contribution in [2.75, 3.05) is 13.4 Å². The molecule has 0 spiro atoms. The summed E-state index contributed by atoms with van der Waals surface area (Å²) in [4.78, 5) is 39.5. The number of carbonyl (C=O) groups is 3. The standard InChI is InChI=1S/C32H36O5S/c1-4-7-15-32(16-8-5-2)26-19-22(29(33)28-10-9-18-38-28)11-13-24(26)25-14-12-23(20-27(25)32)30(34)31(35)37-21-36-17-6-3/h9-14,18-20H,4-8,15-17,21H2,1-3H3. The Morgan fingerprint density at radius 2 is 1.45 bits per heavy atom. The Hall–Kier alpha value is -3.09. The lowest BCUT2D eigenvalue weighted by Gasteiger charge is -2.33. The molecule has 4 rings (SSSR count). The summed E-state index contributed by atoms with van der Waals surface area (Å²) >= 11 is 1.45. The lowest BCUT2D eigenvalue weighted by molar-refractivity contribution is -0.150. The number of hydrogen-bond acceptors (Lipinski definition) is 6. The van der Waals surface area contributed by atoms with Crippen molar-refractivity contribution in [1.29, 1.82) is 0 Å². The van der Waals surface area contributed by atoms with Crippen LogP contribution in [0.15, 0.2) is 53.9 Å². The highest BCUT2D eigenvalue weighted by atomic mass is 32.1. The first-order valence-electron chi connectivity index (χ1n) is 13.6. The molecule has 5 nitrogen and oxygen atoms in total. The van der Waals surface area contributed by atoms with Gasteiger partial charge in [0.1, 0.15) is 0 Å². The molecule has 1 aliphatic carbocycles. The Morgan fingerprint density at radius 3 is 2.03 bits per heavy atom. The lowest BCUT2D eigenvalue weighted by atomic mass is 9.70. The quantitative estimate of drug-likeness (QED) is 0.0698. The SMILES string of the molecule is CCCCC1(CCCC)c2cc(C(=O)C(=O)OCOCCC)ccc2-c2ccc(C(=O)c3cccs3)cc21. The van der Waals surface area contributed by atoms with Crippen molar-refractivity contribution in [2.24, 2.45) is 0 Å². The summed E-state index contributed by atoms with van der Waals surface area (Å²) in [5.74, 6) is -1.55. The average Bonchev–Trinajstić information content (AvgIpc) is 3.57. The fourth-order valence-electron chi connectivity index (χ4n) is 5.43. The Kier molecular flexibility index (Phi) is 9.29. The molecular formula is C32H36O5S. The number of unbranched alkanes of at least 4 members (excludes halogenated alkanes) is 2. The van der Waals surface area contributed by atoms with Crippen LogP contribution in [0.25, 0.3) is 11.1 Å². The monoisotopic (exact) mass is 532 g/mol. The van der Waals surface area contributed by atoms with E-state index in [2.05, 4.69) is 26.0 Å². The van der Waals surface area contributed by atoms with E-state index in [9.17, 15) is 14.4 Å². The van der Waals surface area contributed by atoms with Crippen LogP contribution >= 0.6 is 11.3 Å². The number of ketones is 2. The third-order valence-electron chi connectivity index (χ3n) is 7.35. The van der Waals surface area contributed by atoms with Gasteiger partial charge in [-0.1, -0.05) is 76.8 Å². The van der Waals surface area contributed by atoms with Crippen LogP contribution in [0.4, 0.5) is 0 Å². The summed E-state index contributed by atoms with van der Waals surface area (Å²) in [6.45, 7) is 6.55. The molecule has 0 radical (unpaired) electrons. The van der Waals surface area contributed by atoms with Crippen molar-refractivity contribution in [3.63, 3.8) is 0 Å². The van der Waals surface area contributed by atoms with E-state index in [-0.39, 0.29) is 18.0 Å². The fourth-order valence-corrected chi connectivity index (χ4v) is 6.12. The molecule has 0 saturated carbocycles. The largest absolute Gasteiger partial charge is 0.432 e. The minimum absolute atomic E-state index is 0.0301. The molecule has 1 aromatic heterocycles. The predicted molar refractivity (Wildman–Crippen MR) is 151 cm³/mol. The number of benzene rings is 2. The van der Waals surface area contributed by atoms with Gasteiger partial charge in [-0.05, 0) is 65.1 Å². The number of esters is 1. The second-order valence-corrected chi connectivity index (χ2v) is 10.9. The van der Waals surface area contributed by atoms with Gasteiger partial charge in [-0.3, -0.25) is 9.59 Å². The summed E-state index contributed by atoms with van der Waals surface area (Å²) in [6.07, 6.45) is 6.72. The summed E-state index contributed by atoms with van der Waals surface area (Å²) in [5.41, 5.74) is 5.07. The zero-order valence-electron chi connectivity index (χ0n) is 22.5. The van der Waals surface area contributed by atoms with Crippen molar-refractivity contribution in [2.45, 2.75) is 71.1 Å². The molecule has 6 heteroatoms. The van der Waals surface area contributed by atoms with Gasteiger partial charge in [0.25, 0.3) is 5.78 Å². The van der Waals surface area contributed by atoms with E-state index in [1.54, 1.807) is 6.07 Å². The van der Waals surface area contributed by atoms with Crippen LogP contribution in [0.5, 0.6) is 0 Å². The van der Waals surface area contributed by atoms with Gasteiger partial charge in [0.15, 0.2) is 6.79 Å². The van der Waals surface area contributed by atoms with E-state index in [0.717, 1.165) is 72.1 Å². The van der Waals surface area contributed by atoms with E-state index in [0.29, 0.717) is 17.7 Å². The molecule has 0 N–H and O–H groups in total. The summed E-state index contributed by atoms with van der Waals surface area (Å²) < 4.78 is 10.3. The molecule has 1 aliphatic rings. The Labute approximate surface area is 229 Å². The second kappa shape index (κ2) is 12.6. The number of fused-ring (bicyclic) bond motifs is 3. The van der Waals surface area contributed by atoms with Gasteiger partial charge in [0.2, 0.25) is 5.78 Å². The number of rotatable bonds is 14. The minimum Gasteiger partial charge on any atom is -0.432 e. The van der Waals surface area contributed by atoms with Crippen LogP contribution < -0.4 is 0 Å². The van der Waals surface area contributed by atoms with E-state index in [1.807, 2.05) is 42.6 Å². The number of ether oxygens (including phenoxy) is 2. The van der Waals surface area contributed by atoms with Gasteiger partial charge in [-0.2, -0.15) is 0 Å². The Morgan fingerprint density at radius 1 is 0.816 bits per heavy atom. The molecule has 0 bridgehead atoms. The molecule has 0 atom stereocenters. The smallest absolute Gasteiger partial charge is 0.381 e. The summed E-state index contributed by atoms with van der Waals surface area (Å²) in [6, 6.07) is 15.3. The first-order valence-corrected chi connectivity index (χ1v) is 14.5. The molecule has 0 saturated heterocycles. The molecule has 1 heterocycles. The van der Waals surface area contributed by atoms with Gasteiger partial charge in [-0.15, -0.1) is 11.3 Å². The van der Waals surface area contributed by atoms with E-state index >= 15 is 0 Å². The third-order valence-corrected chi connectivity index (χ3v) is 8.22. The van der Waals surface area contributed by atoms with E-state index < -0.39 is 11.8 Å². The molecule has 0 unspecified atom stereocenters. The maximum Gasteiger partial charge on any atom is 0.381 e. The molecule has 2 aromatic carbocycles. The predicted octanol–water partition coefficient (Wildman–Crippen LogP) is 7.74. The van der Waals surface area contributed by atoms with Crippen LogP contribution in [0.2, 0.25) is 0 Å². The maximum atomic E-state index is 13.3. The summed E-state index contributed by atoms with van der Waals surface area (Å²) in [7, 11) is 0. The fraction of sp³-hybridized carbons (Fsp3) is 0.406. The van der Waals surface area contributed by atoms with Gasteiger partial charge >= 0.3 is 5.97 Å². The average molecular weight is 533 g/mol. The maximum absolute atomic E-state index is 13.3. The normalized spacial score (nSPS) is 13.1. The Bertz CT molecular complexity index is 1280. The summed E-state index contributed by atoms with van der Waals surface area (Å²) in [5, 5.41) is 1.92. The van der Waals surface area contributed by atoms with Gasteiger partial charge in [0.05, 0.1) is 11.5 Å². The van der Waals surface area contributed by atoms with E-state index in [4.69, 9.17) is 9.47 Å². The van der Waals surface area contributed by atoms with Crippen LogP contribution in [-0.4, -0.2) is 30.9 Å². The van der Waals surface area contributed by atoms with Crippen molar-refractivity contribution in [3.8, 4) is 11.1 Å². The van der Waals surface area contributed by atoms with Crippen LogP contribution in [0.1, 0.15) is 102 Å². The van der Waals surface area contributed by atoms with Crippen molar-refractivity contribution in [3.05, 3.63) is 81.0 Å². The van der Waals surface area contributed by atoms with Crippen molar-refractivity contribution >= 4 is 28.9 Å². The lowest BCUT2D eigenvalue weighted by Crippen LogP contribution is -2.26.